The van der Waals surface area contributed by atoms with E-state index in [9.17, 15) is 0 Å². The third kappa shape index (κ3) is 2.95. The maximum Gasteiger partial charge on any atom is 0.131 e. The molecule has 0 aliphatic rings. The van der Waals surface area contributed by atoms with E-state index in [0.717, 1.165) is 0 Å². The molecule has 0 nitrogen and oxygen atoms in total. The van der Waals surface area contributed by atoms with Crippen LogP contribution in [-0.2, 0) is 3.23 Å². The first-order valence-corrected chi connectivity index (χ1v) is 7.94. The van der Waals surface area contributed by atoms with Crippen molar-refractivity contribution >= 4 is 31.9 Å². The number of halogens is 2. The van der Waals surface area contributed by atoms with E-state index in [1.165, 1.54) is 33.4 Å². The van der Waals surface area contributed by atoms with E-state index < -0.39 is 0 Å². The summed E-state index contributed by atoms with van der Waals surface area (Å²) in [5.41, 5.74) is 7.68. The molecule has 0 aliphatic carbocycles. The van der Waals surface area contributed by atoms with Crippen LogP contribution in [0.2, 0.25) is 0 Å². The summed E-state index contributed by atoms with van der Waals surface area (Å²) >= 11 is 7.73. The first-order chi connectivity index (χ1) is 8.82. The molecule has 0 unspecified atom stereocenters. The molecule has 0 amide bonds. The Bertz CT molecular complexity index is 572. The van der Waals surface area contributed by atoms with E-state index in [1.54, 1.807) is 0 Å². The van der Waals surface area contributed by atoms with Gasteiger partial charge in [0.15, 0.2) is 0 Å². The monoisotopic (exact) mass is 380 g/mol. The fourth-order valence-corrected chi connectivity index (χ4v) is 4.36. The third-order valence-electron chi connectivity index (χ3n) is 3.41. The normalized spacial score (nSPS) is 11.7. The first-order valence-electron chi connectivity index (χ1n) is 6.35. The van der Waals surface area contributed by atoms with Gasteiger partial charge in [0, 0.05) is 0 Å². The largest absolute Gasteiger partial charge is 0.131 e. The zero-order chi connectivity index (χ0) is 14.2. The van der Waals surface area contributed by atoms with Crippen LogP contribution in [-0.4, -0.2) is 0 Å². The van der Waals surface area contributed by atoms with Gasteiger partial charge in [-0.15, -0.1) is 0 Å². The standard InChI is InChI=1S/C17H18Br2/c1-11-5-7-15(8-6-11)17(18,19)16-13(3)9-12(2)10-14(16)4/h5-10H,1-4H3. The van der Waals surface area contributed by atoms with E-state index in [1.807, 2.05) is 0 Å². The van der Waals surface area contributed by atoms with Crippen LogP contribution < -0.4 is 0 Å². The highest BCUT2D eigenvalue weighted by atomic mass is 79.9. The lowest BCUT2D eigenvalue weighted by atomic mass is 9.94. The highest BCUT2D eigenvalue weighted by Crippen LogP contribution is 2.47. The topological polar surface area (TPSA) is 0 Å². The summed E-state index contributed by atoms with van der Waals surface area (Å²) in [6.07, 6.45) is 0. The molecule has 19 heavy (non-hydrogen) atoms. The Morgan fingerprint density at radius 3 is 1.68 bits per heavy atom. The van der Waals surface area contributed by atoms with Gasteiger partial charge in [0.1, 0.15) is 3.23 Å². The summed E-state index contributed by atoms with van der Waals surface area (Å²) in [5.74, 6) is 0. The summed E-state index contributed by atoms with van der Waals surface area (Å²) in [4.78, 5) is 0. The molecule has 0 heterocycles. The van der Waals surface area contributed by atoms with Gasteiger partial charge in [-0.2, -0.15) is 0 Å². The molecule has 0 aliphatic heterocycles. The molecular weight excluding hydrogens is 364 g/mol. The maximum atomic E-state index is 3.87. The van der Waals surface area contributed by atoms with Crippen molar-refractivity contribution in [3.05, 3.63) is 69.8 Å². The molecular formula is C17H18Br2. The fourth-order valence-electron chi connectivity index (χ4n) is 2.58. The highest BCUT2D eigenvalue weighted by molar-refractivity contribution is 9.25. The van der Waals surface area contributed by atoms with Crippen LogP contribution in [0.15, 0.2) is 36.4 Å². The fraction of sp³-hybridized carbons (Fsp3) is 0.294. The Hall–Kier alpha value is -0.600. The Morgan fingerprint density at radius 1 is 0.737 bits per heavy atom. The second kappa shape index (κ2) is 5.41. The number of hydrogen-bond donors (Lipinski definition) is 0. The Morgan fingerprint density at radius 2 is 1.21 bits per heavy atom. The molecule has 0 spiro atoms. The van der Waals surface area contributed by atoms with Crippen LogP contribution in [0.4, 0.5) is 0 Å². The minimum atomic E-state index is -0.324. The molecule has 0 aromatic heterocycles. The molecule has 2 heteroatoms. The molecule has 100 valence electrons. The molecule has 0 radical (unpaired) electrons. The lowest BCUT2D eigenvalue weighted by molar-refractivity contribution is 1.05. The van der Waals surface area contributed by atoms with Crippen molar-refractivity contribution in [3.63, 3.8) is 0 Å². The van der Waals surface area contributed by atoms with Crippen molar-refractivity contribution in [1.29, 1.82) is 0 Å². The van der Waals surface area contributed by atoms with E-state index in [2.05, 4.69) is 96.0 Å². The van der Waals surface area contributed by atoms with Crippen LogP contribution in [0.25, 0.3) is 0 Å². The predicted octanol–water partition coefficient (Wildman–Crippen LogP) is 5.91. The van der Waals surface area contributed by atoms with Crippen molar-refractivity contribution in [2.45, 2.75) is 30.9 Å². The third-order valence-corrected chi connectivity index (χ3v) is 5.11. The zero-order valence-electron chi connectivity index (χ0n) is 11.7. The molecule has 2 aromatic carbocycles. The van der Waals surface area contributed by atoms with Crippen LogP contribution in [0.1, 0.15) is 33.4 Å². The molecule has 0 fully saturated rings. The van der Waals surface area contributed by atoms with Gasteiger partial charge < -0.3 is 0 Å². The summed E-state index contributed by atoms with van der Waals surface area (Å²) in [6.45, 7) is 8.58. The second-order valence-electron chi connectivity index (χ2n) is 5.21. The lowest BCUT2D eigenvalue weighted by Crippen LogP contribution is -2.15. The van der Waals surface area contributed by atoms with Gasteiger partial charge in [-0.1, -0.05) is 79.4 Å². The summed E-state index contributed by atoms with van der Waals surface area (Å²) < 4.78 is -0.324. The SMILES string of the molecule is Cc1ccc(C(Br)(Br)c2c(C)cc(C)cc2C)cc1. The maximum absolute atomic E-state index is 3.87. The lowest BCUT2D eigenvalue weighted by Gasteiger charge is -2.26. The van der Waals surface area contributed by atoms with Gasteiger partial charge >= 0.3 is 0 Å². The highest BCUT2D eigenvalue weighted by Gasteiger charge is 2.30. The van der Waals surface area contributed by atoms with Crippen LogP contribution in [0, 0.1) is 27.7 Å². The molecule has 0 bridgehead atoms. The van der Waals surface area contributed by atoms with Crippen LogP contribution >= 0.6 is 31.9 Å². The van der Waals surface area contributed by atoms with E-state index in [-0.39, 0.29) is 3.23 Å². The Labute approximate surface area is 132 Å². The van der Waals surface area contributed by atoms with Gasteiger partial charge in [0.25, 0.3) is 0 Å². The molecule has 0 atom stereocenters. The summed E-state index contributed by atoms with van der Waals surface area (Å²) in [5, 5.41) is 0. The van der Waals surface area contributed by atoms with Gasteiger partial charge in [-0.25, -0.2) is 0 Å². The second-order valence-corrected chi connectivity index (χ2v) is 8.66. The van der Waals surface area contributed by atoms with Crippen molar-refractivity contribution in [3.8, 4) is 0 Å². The van der Waals surface area contributed by atoms with Crippen molar-refractivity contribution in [2.24, 2.45) is 0 Å². The minimum Gasteiger partial charge on any atom is -0.0620 e. The van der Waals surface area contributed by atoms with Gasteiger partial charge in [-0.05, 0) is 49.9 Å². The van der Waals surface area contributed by atoms with Crippen molar-refractivity contribution in [2.75, 3.05) is 0 Å². The summed E-state index contributed by atoms with van der Waals surface area (Å²) in [6, 6.07) is 13.1. The average molecular weight is 382 g/mol. The molecule has 0 saturated carbocycles. The van der Waals surface area contributed by atoms with E-state index in [4.69, 9.17) is 0 Å². The quantitative estimate of drug-likeness (QED) is 0.567. The smallest absolute Gasteiger partial charge is 0.0620 e. The molecule has 2 rings (SSSR count). The predicted molar refractivity (Wildman–Crippen MR) is 90.5 cm³/mol. The number of alkyl halides is 2. The van der Waals surface area contributed by atoms with Crippen molar-refractivity contribution in [1.82, 2.24) is 0 Å². The molecule has 0 saturated heterocycles. The first kappa shape index (κ1) is 14.8. The average Bonchev–Trinajstić information content (AvgIpc) is 2.27. The van der Waals surface area contributed by atoms with E-state index in [0.29, 0.717) is 0 Å². The van der Waals surface area contributed by atoms with Crippen LogP contribution in [0.3, 0.4) is 0 Å². The van der Waals surface area contributed by atoms with Gasteiger partial charge in [0.05, 0.1) is 0 Å². The van der Waals surface area contributed by atoms with Crippen LogP contribution in [0.5, 0.6) is 0 Å². The number of benzene rings is 2. The molecule has 2 aromatic rings. The molecule has 0 N–H and O–H groups in total. The Kier molecular flexibility index (Phi) is 4.22. The van der Waals surface area contributed by atoms with Gasteiger partial charge in [0.2, 0.25) is 0 Å². The Balaban J connectivity index is 2.59. The van der Waals surface area contributed by atoms with Gasteiger partial charge in [-0.3, -0.25) is 0 Å². The number of hydrogen-bond acceptors (Lipinski definition) is 0. The number of rotatable bonds is 2. The van der Waals surface area contributed by atoms with Crippen molar-refractivity contribution < 1.29 is 0 Å². The number of aryl methyl sites for hydroxylation is 4. The van der Waals surface area contributed by atoms with E-state index >= 15 is 0 Å². The zero-order valence-corrected chi connectivity index (χ0v) is 14.9. The summed E-state index contributed by atoms with van der Waals surface area (Å²) in [7, 11) is 0. The minimum absolute atomic E-state index is 0.324.